The van der Waals surface area contributed by atoms with Gasteiger partial charge in [0.05, 0.1) is 17.2 Å². The SMILES string of the molecule is CCNC(=NCc1sc(C)nc1C)NCCc1cccc(C)c1. The van der Waals surface area contributed by atoms with Crippen LogP contribution in [0.25, 0.3) is 0 Å². The zero-order valence-corrected chi connectivity index (χ0v) is 15.3. The van der Waals surface area contributed by atoms with Crippen LogP contribution in [0.3, 0.4) is 0 Å². The van der Waals surface area contributed by atoms with E-state index in [2.05, 4.69) is 58.7 Å². The number of hydrogen-bond donors (Lipinski definition) is 2. The highest BCUT2D eigenvalue weighted by Crippen LogP contribution is 2.17. The summed E-state index contributed by atoms with van der Waals surface area (Å²) >= 11 is 1.72. The third kappa shape index (κ3) is 5.67. The molecule has 0 bridgehead atoms. The molecule has 0 spiro atoms. The molecule has 0 amide bonds. The summed E-state index contributed by atoms with van der Waals surface area (Å²) in [5.41, 5.74) is 3.74. The zero-order chi connectivity index (χ0) is 16.7. The monoisotopic (exact) mass is 330 g/mol. The molecule has 0 saturated heterocycles. The molecular weight excluding hydrogens is 304 g/mol. The Hall–Kier alpha value is -1.88. The molecule has 5 heteroatoms. The molecule has 0 aliphatic carbocycles. The van der Waals surface area contributed by atoms with Crippen LogP contribution in [0.15, 0.2) is 29.3 Å². The van der Waals surface area contributed by atoms with E-state index in [1.54, 1.807) is 11.3 Å². The number of guanidine groups is 1. The summed E-state index contributed by atoms with van der Waals surface area (Å²) in [5.74, 6) is 0.866. The number of aromatic nitrogens is 1. The molecule has 1 aromatic carbocycles. The Bertz CT molecular complexity index is 661. The minimum atomic E-state index is 0.678. The smallest absolute Gasteiger partial charge is 0.191 e. The second kappa shape index (κ2) is 8.67. The Morgan fingerprint density at radius 3 is 2.70 bits per heavy atom. The van der Waals surface area contributed by atoms with Crippen LogP contribution in [-0.2, 0) is 13.0 Å². The van der Waals surface area contributed by atoms with Gasteiger partial charge in [-0.3, -0.25) is 0 Å². The van der Waals surface area contributed by atoms with E-state index in [4.69, 9.17) is 0 Å². The fraction of sp³-hybridized carbons (Fsp3) is 0.444. The lowest BCUT2D eigenvalue weighted by Crippen LogP contribution is -2.38. The van der Waals surface area contributed by atoms with E-state index in [0.29, 0.717) is 6.54 Å². The van der Waals surface area contributed by atoms with Crippen molar-refractivity contribution in [2.24, 2.45) is 4.99 Å². The Labute approximate surface area is 143 Å². The third-order valence-electron chi connectivity index (χ3n) is 3.51. The van der Waals surface area contributed by atoms with Crippen LogP contribution in [0, 0.1) is 20.8 Å². The van der Waals surface area contributed by atoms with Gasteiger partial charge in [0.25, 0.3) is 0 Å². The van der Waals surface area contributed by atoms with E-state index >= 15 is 0 Å². The number of hydrogen-bond acceptors (Lipinski definition) is 3. The predicted octanol–water partition coefficient (Wildman–Crippen LogP) is 3.37. The average Bonchev–Trinajstić information content (AvgIpc) is 2.83. The number of aryl methyl sites for hydroxylation is 3. The quantitative estimate of drug-likeness (QED) is 0.631. The Morgan fingerprint density at radius 1 is 1.22 bits per heavy atom. The second-order valence-electron chi connectivity index (χ2n) is 5.60. The zero-order valence-electron chi connectivity index (χ0n) is 14.4. The normalized spacial score (nSPS) is 11.6. The van der Waals surface area contributed by atoms with Gasteiger partial charge in [-0.05, 0) is 39.7 Å². The summed E-state index contributed by atoms with van der Waals surface area (Å²) in [5, 5.41) is 7.81. The maximum atomic E-state index is 4.67. The molecule has 0 aliphatic heterocycles. The molecule has 23 heavy (non-hydrogen) atoms. The topological polar surface area (TPSA) is 49.3 Å². The first-order valence-electron chi connectivity index (χ1n) is 8.09. The molecular formula is C18H26N4S. The van der Waals surface area contributed by atoms with Gasteiger partial charge in [-0.15, -0.1) is 11.3 Å². The second-order valence-corrected chi connectivity index (χ2v) is 6.89. The number of nitrogens with one attached hydrogen (secondary N) is 2. The van der Waals surface area contributed by atoms with Crippen LogP contribution in [0.4, 0.5) is 0 Å². The van der Waals surface area contributed by atoms with E-state index in [9.17, 15) is 0 Å². The van der Waals surface area contributed by atoms with E-state index in [-0.39, 0.29) is 0 Å². The van der Waals surface area contributed by atoms with Crippen LogP contribution >= 0.6 is 11.3 Å². The van der Waals surface area contributed by atoms with Gasteiger partial charge in [-0.2, -0.15) is 0 Å². The molecule has 1 heterocycles. The summed E-state index contributed by atoms with van der Waals surface area (Å²) in [6, 6.07) is 8.64. The number of nitrogens with zero attached hydrogens (tertiary/aromatic N) is 2. The van der Waals surface area contributed by atoms with Crippen LogP contribution in [-0.4, -0.2) is 24.0 Å². The van der Waals surface area contributed by atoms with Crippen molar-refractivity contribution >= 4 is 17.3 Å². The molecule has 0 aliphatic rings. The fourth-order valence-electron chi connectivity index (χ4n) is 2.41. The van der Waals surface area contributed by atoms with E-state index in [0.717, 1.165) is 36.2 Å². The molecule has 2 aromatic rings. The molecule has 2 N–H and O–H groups in total. The molecule has 2 rings (SSSR count). The Morgan fingerprint density at radius 2 is 2.04 bits per heavy atom. The van der Waals surface area contributed by atoms with E-state index in [1.807, 2.05) is 13.8 Å². The lowest BCUT2D eigenvalue weighted by molar-refractivity contribution is 0.800. The largest absolute Gasteiger partial charge is 0.357 e. The van der Waals surface area contributed by atoms with Crippen molar-refractivity contribution in [1.82, 2.24) is 15.6 Å². The Balaban J connectivity index is 1.90. The van der Waals surface area contributed by atoms with E-state index in [1.165, 1.54) is 16.0 Å². The molecule has 4 nitrogen and oxygen atoms in total. The summed E-state index contributed by atoms with van der Waals surface area (Å²) in [6.45, 7) is 10.7. The lowest BCUT2D eigenvalue weighted by atomic mass is 10.1. The van der Waals surface area contributed by atoms with Gasteiger partial charge in [-0.1, -0.05) is 29.8 Å². The molecule has 0 atom stereocenters. The van der Waals surface area contributed by atoms with Crippen molar-refractivity contribution in [2.75, 3.05) is 13.1 Å². The molecule has 0 radical (unpaired) electrons. The fourth-order valence-corrected chi connectivity index (χ4v) is 3.27. The molecule has 0 unspecified atom stereocenters. The van der Waals surface area contributed by atoms with Gasteiger partial charge in [0, 0.05) is 18.0 Å². The average molecular weight is 331 g/mol. The summed E-state index contributed by atoms with van der Waals surface area (Å²) in [7, 11) is 0. The highest BCUT2D eigenvalue weighted by atomic mass is 32.1. The number of aliphatic imine (C=N–C) groups is 1. The molecule has 0 saturated carbocycles. The molecule has 1 aromatic heterocycles. The van der Waals surface area contributed by atoms with Gasteiger partial charge in [0.2, 0.25) is 0 Å². The standard InChI is InChI=1S/C18H26N4S/c1-5-19-18(21-12-17-14(3)22-15(4)23-17)20-10-9-16-8-6-7-13(2)11-16/h6-8,11H,5,9-10,12H2,1-4H3,(H2,19,20,21). The number of rotatable bonds is 6. The van der Waals surface area contributed by atoms with Crippen molar-refractivity contribution < 1.29 is 0 Å². The Kier molecular flexibility index (Phi) is 6.59. The van der Waals surface area contributed by atoms with Crippen LogP contribution in [0.5, 0.6) is 0 Å². The van der Waals surface area contributed by atoms with Crippen LogP contribution in [0.1, 0.15) is 33.6 Å². The lowest BCUT2D eigenvalue weighted by Gasteiger charge is -2.11. The highest BCUT2D eigenvalue weighted by molar-refractivity contribution is 7.11. The molecule has 0 fully saturated rings. The van der Waals surface area contributed by atoms with Crippen molar-refractivity contribution in [2.45, 2.75) is 40.7 Å². The first kappa shape index (κ1) is 17.5. The van der Waals surface area contributed by atoms with Crippen LogP contribution in [0.2, 0.25) is 0 Å². The van der Waals surface area contributed by atoms with Gasteiger partial charge >= 0.3 is 0 Å². The van der Waals surface area contributed by atoms with E-state index < -0.39 is 0 Å². The predicted molar refractivity (Wildman–Crippen MR) is 99.3 cm³/mol. The van der Waals surface area contributed by atoms with Gasteiger partial charge in [0.15, 0.2) is 5.96 Å². The first-order chi connectivity index (χ1) is 11.1. The van der Waals surface area contributed by atoms with Gasteiger partial charge < -0.3 is 10.6 Å². The maximum absolute atomic E-state index is 4.67. The summed E-state index contributed by atoms with van der Waals surface area (Å²) in [6.07, 6.45) is 0.991. The minimum Gasteiger partial charge on any atom is -0.357 e. The highest BCUT2D eigenvalue weighted by Gasteiger charge is 2.04. The van der Waals surface area contributed by atoms with Crippen LogP contribution < -0.4 is 10.6 Å². The summed E-state index contributed by atoms with van der Waals surface area (Å²) in [4.78, 5) is 10.4. The van der Waals surface area contributed by atoms with Gasteiger partial charge in [0.1, 0.15) is 0 Å². The maximum Gasteiger partial charge on any atom is 0.191 e. The van der Waals surface area contributed by atoms with Crippen molar-refractivity contribution in [3.8, 4) is 0 Å². The minimum absolute atomic E-state index is 0.678. The molecule has 124 valence electrons. The van der Waals surface area contributed by atoms with Crippen molar-refractivity contribution in [1.29, 1.82) is 0 Å². The van der Waals surface area contributed by atoms with Crippen molar-refractivity contribution in [3.05, 3.63) is 51.0 Å². The first-order valence-corrected chi connectivity index (χ1v) is 8.90. The van der Waals surface area contributed by atoms with Crippen molar-refractivity contribution in [3.63, 3.8) is 0 Å². The summed E-state index contributed by atoms with van der Waals surface area (Å²) < 4.78 is 0. The number of benzene rings is 1. The van der Waals surface area contributed by atoms with Gasteiger partial charge in [-0.25, -0.2) is 9.98 Å². The number of thiazole rings is 1. The third-order valence-corrected chi connectivity index (χ3v) is 4.57.